The highest BCUT2D eigenvalue weighted by Crippen LogP contribution is 2.28. The van der Waals surface area contributed by atoms with Crippen molar-refractivity contribution in [2.24, 2.45) is 0 Å². The topological polar surface area (TPSA) is 39.4 Å². The molecule has 0 atom stereocenters. The van der Waals surface area contributed by atoms with Gasteiger partial charge in [-0.25, -0.2) is 0 Å². The molecule has 0 spiro atoms. The Labute approximate surface area is 145 Å². The molecule has 3 heteroatoms. The fourth-order valence-electron chi connectivity index (χ4n) is 2.97. The molecule has 3 nitrogen and oxygen atoms in total. The second-order valence-electron chi connectivity index (χ2n) is 5.75. The molecule has 3 aromatic carbocycles. The van der Waals surface area contributed by atoms with Crippen LogP contribution in [0, 0.1) is 0 Å². The van der Waals surface area contributed by atoms with E-state index in [9.17, 15) is 4.79 Å². The standard InChI is InChI=1S/C22H16O3/c1-24-20-9-5-3-7-16(20)10-12-19(23)22-14-18-17-8-4-2-6-15(17)11-13-21(18)25-22/h2-14H,1H3/b12-10+. The Bertz CT molecular complexity index is 1100. The van der Waals surface area contributed by atoms with Gasteiger partial charge in [0.2, 0.25) is 5.78 Å². The van der Waals surface area contributed by atoms with Crippen LogP contribution in [0.15, 0.2) is 77.2 Å². The van der Waals surface area contributed by atoms with Gasteiger partial charge in [0.25, 0.3) is 0 Å². The Morgan fingerprint density at radius 3 is 2.64 bits per heavy atom. The molecule has 0 amide bonds. The van der Waals surface area contributed by atoms with Crippen LogP contribution in [0.4, 0.5) is 0 Å². The number of hydrogen-bond donors (Lipinski definition) is 0. The molecule has 0 unspecified atom stereocenters. The smallest absolute Gasteiger partial charge is 0.221 e. The van der Waals surface area contributed by atoms with Crippen LogP contribution in [-0.2, 0) is 0 Å². The van der Waals surface area contributed by atoms with Crippen molar-refractivity contribution in [1.82, 2.24) is 0 Å². The molecule has 0 saturated heterocycles. The number of allylic oxidation sites excluding steroid dienone is 1. The van der Waals surface area contributed by atoms with Crippen LogP contribution in [-0.4, -0.2) is 12.9 Å². The Kier molecular flexibility index (Phi) is 3.82. The Balaban J connectivity index is 1.70. The van der Waals surface area contributed by atoms with Gasteiger partial charge in [0.1, 0.15) is 11.3 Å². The monoisotopic (exact) mass is 328 g/mol. The van der Waals surface area contributed by atoms with E-state index in [0.717, 1.165) is 27.5 Å². The first-order chi connectivity index (χ1) is 12.3. The predicted octanol–water partition coefficient (Wildman–Crippen LogP) is 5.49. The summed E-state index contributed by atoms with van der Waals surface area (Å²) in [5.41, 5.74) is 1.56. The van der Waals surface area contributed by atoms with Gasteiger partial charge >= 0.3 is 0 Å². The largest absolute Gasteiger partial charge is 0.496 e. The molecule has 1 heterocycles. The fraction of sp³-hybridized carbons (Fsp3) is 0.0455. The van der Waals surface area contributed by atoms with Gasteiger partial charge in [0, 0.05) is 10.9 Å². The van der Waals surface area contributed by atoms with Gasteiger partial charge in [-0.15, -0.1) is 0 Å². The molecule has 4 rings (SSSR count). The highest BCUT2D eigenvalue weighted by Gasteiger charge is 2.12. The molecule has 4 aromatic rings. The zero-order chi connectivity index (χ0) is 17.2. The molecule has 0 fully saturated rings. The Hall–Kier alpha value is -3.33. The van der Waals surface area contributed by atoms with E-state index < -0.39 is 0 Å². The highest BCUT2D eigenvalue weighted by atomic mass is 16.5. The van der Waals surface area contributed by atoms with E-state index in [1.807, 2.05) is 66.7 Å². The lowest BCUT2D eigenvalue weighted by Gasteiger charge is -2.02. The summed E-state index contributed by atoms with van der Waals surface area (Å²) in [6.07, 6.45) is 3.25. The zero-order valence-electron chi connectivity index (χ0n) is 13.7. The van der Waals surface area contributed by atoms with Crippen LogP contribution in [0.25, 0.3) is 27.8 Å². The summed E-state index contributed by atoms with van der Waals surface area (Å²) < 4.78 is 11.0. The number of hydrogen-bond acceptors (Lipinski definition) is 3. The van der Waals surface area contributed by atoms with E-state index in [-0.39, 0.29) is 5.78 Å². The summed E-state index contributed by atoms with van der Waals surface area (Å²) >= 11 is 0. The van der Waals surface area contributed by atoms with Crippen LogP contribution in [0.5, 0.6) is 5.75 Å². The SMILES string of the molecule is COc1ccccc1/C=C/C(=O)c1cc2c(ccc3ccccc32)o1. The number of fused-ring (bicyclic) bond motifs is 3. The van der Waals surface area contributed by atoms with Gasteiger partial charge in [0.15, 0.2) is 5.76 Å². The van der Waals surface area contributed by atoms with Crippen molar-refractivity contribution in [3.05, 3.63) is 84.1 Å². The molecule has 0 aliphatic rings. The summed E-state index contributed by atoms with van der Waals surface area (Å²) in [7, 11) is 1.61. The third-order valence-corrected chi connectivity index (χ3v) is 4.22. The van der Waals surface area contributed by atoms with Crippen molar-refractivity contribution in [3.8, 4) is 5.75 Å². The number of benzene rings is 3. The van der Waals surface area contributed by atoms with E-state index in [4.69, 9.17) is 9.15 Å². The van der Waals surface area contributed by atoms with Crippen molar-refractivity contribution in [2.45, 2.75) is 0 Å². The summed E-state index contributed by atoms with van der Waals surface area (Å²) in [4.78, 5) is 12.5. The van der Waals surface area contributed by atoms with E-state index in [2.05, 4.69) is 0 Å². The quantitative estimate of drug-likeness (QED) is 0.367. The molecule has 0 aliphatic heterocycles. The normalized spacial score (nSPS) is 11.4. The van der Waals surface area contributed by atoms with Gasteiger partial charge in [0.05, 0.1) is 7.11 Å². The van der Waals surface area contributed by atoms with Gasteiger partial charge in [-0.05, 0) is 41.1 Å². The first kappa shape index (κ1) is 15.2. The predicted molar refractivity (Wildman–Crippen MR) is 100 cm³/mol. The fourth-order valence-corrected chi connectivity index (χ4v) is 2.97. The van der Waals surface area contributed by atoms with E-state index in [1.165, 1.54) is 6.08 Å². The van der Waals surface area contributed by atoms with Crippen molar-refractivity contribution < 1.29 is 13.9 Å². The molecule has 0 bridgehead atoms. The van der Waals surface area contributed by atoms with Crippen LogP contribution in [0.1, 0.15) is 16.1 Å². The summed E-state index contributed by atoms with van der Waals surface area (Å²) in [6, 6.07) is 21.3. The third kappa shape index (κ3) is 2.81. The van der Waals surface area contributed by atoms with E-state index in [0.29, 0.717) is 11.3 Å². The van der Waals surface area contributed by atoms with Gasteiger partial charge < -0.3 is 9.15 Å². The lowest BCUT2D eigenvalue weighted by atomic mass is 10.1. The number of ether oxygens (including phenoxy) is 1. The Morgan fingerprint density at radius 1 is 0.960 bits per heavy atom. The maximum Gasteiger partial charge on any atom is 0.221 e. The lowest BCUT2D eigenvalue weighted by Crippen LogP contribution is -1.91. The number of para-hydroxylation sites is 1. The minimum Gasteiger partial charge on any atom is -0.496 e. The number of furan rings is 1. The highest BCUT2D eigenvalue weighted by molar-refractivity contribution is 6.11. The average Bonchev–Trinajstić information content (AvgIpc) is 3.11. The molecule has 0 radical (unpaired) electrons. The average molecular weight is 328 g/mol. The third-order valence-electron chi connectivity index (χ3n) is 4.22. The van der Waals surface area contributed by atoms with Gasteiger partial charge in [-0.2, -0.15) is 0 Å². The molecule has 0 aliphatic carbocycles. The van der Waals surface area contributed by atoms with Crippen molar-refractivity contribution >= 4 is 33.6 Å². The molecule has 122 valence electrons. The first-order valence-corrected chi connectivity index (χ1v) is 8.03. The van der Waals surface area contributed by atoms with E-state index >= 15 is 0 Å². The van der Waals surface area contributed by atoms with Crippen LogP contribution < -0.4 is 4.74 Å². The van der Waals surface area contributed by atoms with Crippen molar-refractivity contribution in [3.63, 3.8) is 0 Å². The molecule has 0 saturated carbocycles. The number of rotatable bonds is 4. The molecular weight excluding hydrogens is 312 g/mol. The second-order valence-corrected chi connectivity index (χ2v) is 5.75. The summed E-state index contributed by atoms with van der Waals surface area (Å²) in [6.45, 7) is 0. The number of ketones is 1. The van der Waals surface area contributed by atoms with Crippen LogP contribution in [0.3, 0.4) is 0 Å². The van der Waals surface area contributed by atoms with Crippen molar-refractivity contribution in [1.29, 1.82) is 0 Å². The minimum atomic E-state index is -0.175. The second kappa shape index (κ2) is 6.29. The number of methoxy groups -OCH3 is 1. The zero-order valence-corrected chi connectivity index (χ0v) is 13.7. The number of carbonyl (C=O) groups is 1. The minimum absolute atomic E-state index is 0.175. The summed E-state index contributed by atoms with van der Waals surface area (Å²) in [5, 5.41) is 3.16. The van der Waals surface area contributed by atoms with Crippen LogP contribution in [0.2, 0.25) is 0 Å². The maximum absolute atomic E-state index is 12.5. The first-order valence-electron chi connectivity index (χ1n) is 8.03. The molecule has 0 N–H and O–H groups in total. The number of carbonyl (C=O) groups excluding carboxylic acids is 1. The molecular formula is C22H16O3. The molecule has 25 heavy (non-hydrogen) atoms. The molecule has 1 aromatic heterocycles. The van der Waals surface area contributed by atoms with Crippen LogP contribution >= 0.6 is 0 Å². The van der Waals surface area contributed by atoms with Gasteiger partial charge in [-0.3, -0.25) is 4.79 Å². The summed E-state index contributed by atoms with van der Waals surface area (Å²) in [5.74, 6) is 0.880. The Morgan fingerprint density at radius 2 is 1.76 bits per heavy atom. The lowest BCUT2D eigenvalue weighted by molar-refractivity contribution is 0.102. The van der Waals surface area contributed by atoms with Crippen molar-refractivity contribution in [2.75, 3.05) is 7.11 Å². The van der Waals surface area contributed by atoms with E-state index in [1.54, 1.807) is 13.2 Å². The maximum atomic E-state index is 12.5. The van der Waals surface area contributed by atoms with Gasteiger partial charge in [-0.1, -0.05) is 48.5 Å².